The number of rotatable bonds is 2. The lowest BCUT2D eigenvalue weighted by Crippen LogP contribution is -2.05. The first-order chi connectivity index (χ1) is 7.33. The molecule has 0 spiro atoms. The fourth-order valence-electron chi connectivity index (χ4n) is 0.992. The van der Waals surface area contributed by atoms with Crippen molar-refractivity contribution in [3.63, 3.8) is 0 Å². The maximum atomic E-state index is 12.1. The molecule has 0 heterocycles. The summed E-state index contributed by atoms with van der Waals surface area (Å²) in [6.45, 7) is 0. The quantitative estimate of drug-likeness (QED) is 0.499. The zero-order valence-electron chi connectivity index (χ0n) is 8.17. The highest BCUT2D eigenvalue weighted by molar-refractivity contribution is 8.00. The Balaban J connectivity index is 3.04. The second-order valence-electron chi connectivity index (χ2n) is 2.79. The lowest BCUT2D eigenvalue weighted by atomic mass is 10.2. The molecule has 2 N–H and O–H groups in total. The number of hydrogen-bond donors (Lipinski definition) is 1. The molecular formula is C9H8F3NO2S. The van der Waals surface area contributed by atoms with Gasteiger partial charge in [-0.15, -0.1) is 0 Å². The lowest BCUT2D eigenvalue weighted by molar-refractivity contribution is -0.0328. The summed E-state index contributed by atoms with van der Waals surface area (Å²) in [4.78, 5) is 10.9. The lowest BCUT2D eigenvalue weighted by Gasteiger charge is -2.09. The zero-order valence-corrected chi connectivity index (χ0v) is 8.98. The summed E-state index contributed by atoms with van der Waals surface area (Å²) in [7, 11) is 1.15. The molecule has 0 aliphatic carbocycles. The number of esters is 1. The van der Waals surface area contributed by atoms with E-state index in [2.05, 4.69) is 4.74 Å². The molecule has 0 amide bonds. The summed E-state index contributed by atoms with van der Waals surface area (Å²) in [6.07, 6.45) is 0. The molecule has 0 saturated carbocycles. The van der Waals surface area contributed by atoms with Crippen molar-refractivity contribution in [2.24, 2.45) is 0 Å². The van der Waals surface area contributed by atoms with E-state index in [-0.39, 0.29) is 27.9 Å². The van der Waals surface area contributed by atoms with E-state index in [1.54, 1.807) is 0 Å². The summed E-state index contributed by atoms with van der Waals surface area (Å²) in [5.41, 5.74) is 0.922. The molecule has 88 valence electrons. The fourth-order valence-corrected chi connectivity index (χ4v) is 1.61. The largest absolute Gasteiger partial charge is 0.465 e. The number of thioether (sulfide) groups is 1. The van der Waals surface area contributed by atoms with Gasteiger partial charge in [0.1, 0.15) is 0 Å². The van der Waals surface area contributed by atoms with Gasteiger partial charge in [-0.3, -0.25) is 0 Å². The van der Waals surface area contributed by atoms with Crippen LogP contribution >= 0.6 is 11.8 Å². The van der Waals surface area contributed by atoms with Crippen LogP contribution in [-0.4, -0.2) is 18.6 Å². The number of ether oxygens (including phenoxy) is 1. The van der Waals surface area contributed by atoms with Crippen molar-refractivity contribution in [3.8, 4) is 0 Å². The van der Waals surface area contributed by atoms with Gasteiger partial charge in [-0.1, -0.05) is 0 Å². The van der Waals surface area contributed by atoms with E-state index < -0.39 is 11.5 Å². The third kappa shape index (κ3) is 3.34. The molecule has 1 aromatic rings. The highest BCUT2D eigenvalue weighted by atomic mass is 32.2. The van der Waals surface area contributed by atoms with Gasteiger partial charge in [0.15, 0.2) is 0 Å². The average molecular weight is 251 g/mol. The van der Waals surface area contributed by atoms with Crippen LogP contribution in [0.25, 0.3) is 0 Å². The molecule has 0 unspecified atom stereocenters. The number of anilines is 1. The maximum Gasteiger partial charge on any atom is 0.446 e. The van der Waals surface area contributed by atoms with Crippen LogP contribution in [0, 0.1) is 0 Å². The Hall–Kier alpha value is -1.37. The normalized spacial score (nSPS) is 11.2. The molecule has 1 rings (SSSR count). The van der Waals surface area contributed by atoms with E-state index in [0.29, 0.717) is 0 Å². The topological polar surface area (TPSA) is 52.3 Å². The van der Waals surface area contributed by atoms with Crippen molar-refractivity contribution in [1.82, 2.24) is 0 Å². The summed E-state index contributed by atoms with van der Waals surface area (Å²) in [5, 5.41) is 0. The third-order valence-corrected chi connectivity index (χ3v) is 2.47. The highest BCUT2D eigenvalue weighted by Crippen LogP contribution is 2.39. The van der Waals surface area contributed by atoms with Crippen LogP contribution in [0.5, 0.6) is 0 Å². The predicted molar refractivity (Wildman–Crippen MR) is 54.1 cm³/mol. The SMILES string of the molecule is COC(=O)c1ccc(N)c(SC(F)(F)F)c1. The summed E-state index contributed by atoms with van der Waals surface area (Å²) >= 11 is -0.363. The second-order valence-corrected chi connectivity index (χ2v) is 3.90. The summed E-state index contributed by atoms with van der Waals surface area (Å²) in [5.74, 6) is -0.705. The first-order valence-electron chi connectivity index (χ1n) is 4.07. The number of nitrogens with two attached hydrogens (primary N) is 1. The first-order valence-corrected chi connectivity index (χ1v) is 4.88. The molecule has 0 atom stereocenters. The predicted octanol–water partition coefficient (Wildman–Crippen LogP) is 2.67. The number of hydrogen-bond acceptors (Lipinski definition) is 4. The van der Waals surface area contributed by atoms with Crippen molar-refractivity contribution < 1.29 is 22.7 Å². The van der Waals surface area contributed by atoms with Crippen LogP contribution in [-0.2, 0) is 4.74 Å². The minimum atomic E-state index is -4.44. The molecule has 3 nitrogen and oxygen atoms in total. The Bertz CT molecular complexity index is 406. The Morgan fingerprint density at radius 2 is 2.06 bits per heavy atom. The minimum absolute atomic E-state index is 0.0310. The van der Waals surface area contributed by atoms with Crippen molar-refractivity contribution in [1.29, 1.82) is 0 Å². The van der Waals surface area contributed by atoms with E-state index in [9.17, 15) is 18.0 Å². The van der Waals surface area contributed by atoms with Gasteiger partial charge in [0.25, 0.3) is 0 Å². The number of alkyl halides is 3. The molecule has 0 fully saturated rings. The van der Waals surface area contributed by atoms with Gasteiger partial charge in [0.05, 0.1) is 12.7 Å². The van der Waals surface area contributed by atoms with Crippen molar-refractivity contribution in [2.75, 3.05) is 12.8 Å². The van der Waals surface area contributed by atoms with Gasteiger partial charge in [-0.25, -0.2) is 4.79 Å². The molecule has 0 aliphatic heterocycles. The van der Waals surface area contributed by atoms with Gasteiger partial charge >= 0.3 is 11.5 Å². The zero-order chi connectivity index (χ0) is 12.3. The van der Waals surface area contributed by atoms with Crippen LogP contribution in [0.1, 0.15) is 10.4 Å². The molecule has 1 aromatic carbocycles. The highest BCUT2D eigenvalue weighted by Gasteiger charge is 2.30. The Kier molecular flexibility index (Phi) is 3.69. The Morgan fingerprint density at radius 1 is 1.44 bits per heavy atom. The van der Waals surface area contributed by atoms with E-state index in [1.165, 1.54) is 12.1 Å². The fraction of sp³-hybridized carbons (Fsp3) is 0.222. The number of carbonyl (C=O) groups is 1. The molecule has 0 radical (unpaired) electrons. The van der Waals surface area contributed by atoms with Gasteiger partial charge in [0.2, 0.25) is 0 Å². The number of methoxy groups -OCH3 is 1. The molecule has 0 saturated heterocycles. The standard InChI is InChI=1S/C9H8F3NO2S/c1-15-8(14)5-2-3-6(13)7(4-5)16-9(10,11)12/h2-4H,13H2,1H3. The van der Waals surface area contributed by atoms with Crippen molar-refractivity contribution in [3.05, 3.63) is 23.8 Å². The van der Waals surface area contributed by atoms with Crippen molar-refractivity contribution >= 4 is 23.4 Å². The van der Waals surface area contributed by atoms with E-state index >= 15 is 0 Å². The molecule has 0 aromatic heterocycles. The molecule has 7 heteroatoms. The van der Waals surface area contributed by atoms with Gasteiger partial charge in [-0.2, -0.15) is 13.2 Å². The maximum absolute atomic E-state index is 12.1. The van der Waals surface area contributed by atoms with Crippen LogP contribution in [0.2, 0.25) is 0 Å². The Labute approximate surface area is 93.8 Å². The minimum Gasteiger partial charge on any atom is -0.465 e. The summed E-state index contributed by atoms with van der Waals surface area (Å²) in [6, 6.07) is 3.60. The van der Waals surface area contributed by atoms with Crippen LogP contribution < -0.4 is 5.73 Å². The Morgan fingerprint density at radius 3 is 2.56 bits per heavy atom. The first kappa shape index (κ1) is 12.7. The van der Waals surface area contributed by atoms with E-state index in [4.69, 9.17) is 5.73 Å². The number of nitrogen functional groups attached to an aromatic ring is 1. The third-order valence-electron chi connectivity index (χ3n) is 1.66. The van der Waals surface area contributed by atoms with Gasteiger partial charge in [-0.05, 0) is 30.0 Å². The van der Waals surface area contributed by atoms with Crippen LogP contribution in [0.3, 0.4) is 0 Å². The second kappa shape index (κ2) is 4.65. The molecular weight excluding hydrogens is 243 g/mol. The van der Waals surface area contributed by atoms with E-state index in [0.717, 1.165) is 13.2 Å². The molecule has 0 bridgehead atoms. The van der Waals surface area contributed by atoms with Crippen molar-refractivity contribution in [2.45, 2.75) is 10.4 Å². The molecule has 16 heavy (non-hydrogen) atoms. The monoisotopic (exact) mass is 251 g/mol. The smallest absolute Gasteiger partial charge is 0.446 e. The van der Waals surface area contributed by atoms with Gasteiger partial charge < -0.3 is 10.5 Å². The van der Waals surface area contributed by atoms with Crippen LogP contribution in [0.4, 0.5) is 18.9 Å². The average Bonchev–Trinajstić information content (AvgIpc) is 2.18. The summed E-state index contributed by atoms with van der Waals surface area (Å²) < 4.78 is 40.8. The number of carbonyl (C=O) groups excluding carboxylic acids is 1. The van der Waals surface area contributed by atoms with Crippen LogP contribution in [0.15, 0.2) is 23.1 Å². The number of benzene rings is 1. The number of halogens is 3. The molecule has 0 aliphatic rings. The van der Waals surface area contributed by atoms with Gasteiger partial charge in [0, 0.05) is 10.6 Å². The van der Waals surface area contributed by atoms with E-state index in [1.807, 2.05) is 0 Å².